The minimum atomic E-state index is -1.03. The minimum absolute atomic E-state index is 0.0986. The van der Waals surface area contributed by atoms with Gasteiger partial charge in [0.25, 0.3) is 0 Å². The molecule has 2 heterocycles. The Kier molecular flexibility index (Phi) is 10.3. The highest BCUT2D eigenvalue weighted by Gasteiger charge is 2.29. The molecule has 4 rings (SSSR count). The Hall–Kier alpha value is -3.67. The number of carbonyl (C=O) groups is 4. The summed E-state index contributed by atoms with van der Waals surface area (Å²) in [5, 5.41) is 14.9. The number of ether oxygens (including phenoxy) is 1. The number of carboxylic acid groups (broad SMARTS) is 1. The van der Waals surface area contributed by atoms with Gasteiger partial charge >= 0.3 is 11.9 Å². The molecule has 0 spiro atoms. The zero-order valence-electron chi connectivity index (χ0n) is 22.1. The Bertz CT molecular complexity index is 1380. The van der Waals surface area contributed by atoms with E-state index >= 15 is 0 Å². The maximum atomic E-state index is 12.9. The number of esters is 1. The van der Waals surface area contributed by atoms with Gasteiger partial charge in [-0.3, -0.25) is 19.3 Å². The maximum Gasteiger partial charge on any atom is 0.341 e. The molecule has 11 heteroatoms. The number of nitrogens with zero attached hydrogens (tertiary/aromatic N) is 1. The first-order chi connectivity index (χ1) is 19.3. The van der Waals surface area contributed by atoms with Crippen LogP contribution in [0.25, 0.3) is 0 Å². The largest absolute Gasteiger partial charge is 0.481 e. The number of anilines is 2. The van der Waals surface area contributed by atoms with Crippen LogP contribution >= 0.6 is 23.1 Å². The fraction of sp³-hybridized carbons (Fsp3) is 0.310. The van der Waals surface area contributed by atoms with E-state index < -0.39 is 17.8 Å². The lowest BCUT2D eigenvalue weighted by atomic mass is 10.0. The lowest BCUT2D eigenvalue weighted by molar-refractivity contribution is -0.138. The molecule has 0 saturated carbocycles. The molecule has 9 nitrogen and oxygen atoms in total. The van der Waals surface area contributed by atoms with E-state index in [0.29, 0.717) is 29.2 Å². The molecule has 0 aliphatic carbocycles. The third-order valence-electron chi connectivity index (χ3n) is 6.17. The van der Waals surface area contributed by atoms with Gasteiger partial charge < -0.3 is 20.5 Å². The smallest absolute Gasteiger partial charge is 0.341 e. The van der Waals surface area contributed by atoms with Crippen molar-refractivity contribution in [3.8, 4) is 0 Å². The molecule has 0 fully saturated rings. The van der Waals surface area contributed by atoms with Gasteiger partial charge in [0.1, 0.15) is 5.00 Å². The van der Waals surface area contributed by atoms with E-state index in [2.05, 4.69) is 27.7 Å². The van der Waals surface area contributed by atoms with Crippen molar-refractivity contribution in [2.45, 2.75) is 44.2 Å². The van der Waals surface area contributed by atoms with E-state index in [-0.39, 0.29) is 31.1 Å². The lowest BCUT2D eigenvalue weighted by Crippen LogP contribution is -2.30. The molecule has 40 heavy (non-hydrogen) atoms. The summed E-state index contributed by atoms with van der Waals surface area (Å²) in [4.78, 5) is 52.6. The van der Waals surface area contributed by atoms with E-state index in [1.165, 1.54) is 28.7 Å². The Balaban J connectivity index is 1.40. The summed E-state index contributed by atoms with van der Waals surface area (Å²) in [6.45, 7) is 4.31. The van der Waals surface area contributed by atoms with E-state index in [9.17, 15) is 19.2 Å². The topological polar surface area (TPSA) is 125 Å². The zero-order valence-corrected chi connectivity index (χ0v) is 23.7. The number of fused-ring (bicyclic) bond motifs is 1. The van der Waals surface area contributed by atoms with Gasteiger partial charge in [0, 0.05) is 41.5 Å². The van der Waals surface area contributed by atoms with Crippen molar-refractivity contribution in [2.24, 2.45) is 0 Å². The monoisotopic (exact) mass is 581 g/mol. The zero-order chi connectivity index (χ0) is 28.5. The van der Waals surface area contributed by atoms with Gasteiger partial charge in [-0.1, -0.05) is 36.4 Å². The number of nitrogens with one attached hydrogen (secondary N) is 2. The molecule has 0 bridgehead atoms. The van der Waals surface area contributed by atoms with Gasteiger partial charge in [0.15, 0.2) is 0 Å². The second-order valence-corrected chi connectivity index (χ2v) is 11.3. The summed E-state index contributed by atoms with van der Waals surface area (Å²) in [7, 11) is 0. The van der Waals surface area contributed by atoms with Gasteiger partial charge in [-0.15, -0.1) is 23.1 Å². The second kappa shape index (κ2) is 14.1. The first kappa shape index (κ1) is 29.3. The molecule has 0 atom stereocenters. The number of carbonyl (C=O) groups excluding carboxylic acids is 3. The molecular weight excluding hydrogens is 550 g/mol. The summed E-state index contributed by atoms with van der Waals surface area (Å²) in [5.74, 6) is -2.01. The number of hydrogen-bond donors (Lipinski definition) is 3. The second-order valence-electron chi connectivity index (χ2n) is 9.18. The predicted molar refractivity (Wildman–Crippen MR) is 156 cm³/mol. The SMILES string of the molecule is CCOC(=O)c1c(NC(=O)CSc2cccc(NC(=O)CCC(=O)O)c2)sc2c1CCN(Cc1ccccc1)C2. The van der Waals surface area contributed by atoms with Crippen LogP contribution in [0.3, 0.4) is 0 Å². The van der Waals surface area contributed by atoms with Crippen LogP contribution in [0.5, 0.6) is 0 Å². The van der Waals surface area contributed by atoms with E-state index in [4.69, 9.17) is 9.84 Å². The van der Waals surface area contributed by atoms with Crippen molar-refractivity contribution in [1.82, 2.24) is 4.90 Å². The molecule has 0 radical (unpaired) electrons. The third kappa shape index (κ3) is 8.17. The van der Waals surface area contributed by atoms with Crippen molar-refractivity contribution in [1.29, 1.82) is 0 Å². The summed E-state index contributed by atoms with van der Waals surface area (Å²) in [5.41, 5.74) is 3.15. The van der Waals surface area contributed by atoms with Crippen LogP contribution in [0.2, 0.25) is 0 Å². The molecule has 1 aliphatic heterocycles. The fourth-order valence-electron chi connectivity index (χ4n) is 4.36. The molecule has 3 aromatic rings. The fourth-order valence-corrected chi connectivity index (χ4v) is 6.41. The molecule has 3 N–H and O–H groups in total. The van der Waals surface area contributed by atoms with Crippen LogP contribution in [0.4, 0.5) is 10.7 Å². The van der Waals surface area contributed by atoms with Gasteiger partial charge in [-0.05, 0) is 42.7 Å². The highest BCUT2D eigenvalue weighted by Crippen LogP contribution is 2.38. The van der Waals surface area contributed by atoms with Gasteiger partial charge in [0.05, 0.1) is 24.3 Å². The molecule has 2 aromatic carbocycles. The number of hydrogen-bond acceptors (Lipinski definition) is 8. The molecule has 1 aliphatic rings. The van der Waals surface area contributed by atoms with E-state index in [0.717, 1.165) is 28.4 Å². The van der Waals surface area contributed by atoms with Crippen LogP contribution in [-0.4, -0.2) is 52.7 Å². The van der Waals surface area contributed by atoms with Crippen molar-refractivity contribution >= 4 is 57.5 Å². The standard InChI is InChI=1S/C29H31N3O6S2/c1-2-38-29(37)27-22-13-14-32(16-19-7-4-3-5-8-19)17-23(22)40-28(27)31-25(34)18-39-21-10-6-9-20(15-21)30-24(33)11-12-26(35)36/h3-10,15H,2,11-14,16-18H2,1H3,(H,30,33)(H,31,34)(H,35,36). The Morgan fingerprint density at radius 2 is 1.82 bits per heavy atom. The normalized spacial score (nSPS) is 12.8. The lowest BCUT2D eigenvalue weighted by Gasteiger charge is -2.27. The Labute approximate surface area is 240 Å². The average Bonchev–Trinajstić information content (AvgIpc) is 3.28. The van der Waals surface area contributed by atoms with Crippen molar-refractivity contribution in [2.75, 3.05) is 29.5 Å². The van der Waals surface area contributed by atoms with Gasteiger partial charge in [-0.25, -0.2) is 4.79 Å². The summed E-state index contributed by atoms with van der Waals surface area (Å²) >= 11 is 2.71. The average molecular weight is 582 g/mol. The Morgan fingerprint density at radius 3 is 2.58 bits per heavy atom. The molecule has 0 saturated heterocycles. The number of aliphatic carboxylic acids is 1. The number of benzene rings is 2. The third-order valence-corrected chi connectivity index (χ3v) is 8.30. The van der Waals surface area contributed by atoms with E-state index in [1.807, 2.05) is 24.3 Å². The van der Waals surface area contributed by atoms with Crippen molar-refractivity contribution in [3.63, 3.8) is 0 Å². The maximum absolute atomic E-state index is 12.9. The summed E-state index contributed by atoms with van der Waals surface area (Å²) < 4.78 is 5.33. The van der Waals surface area contributed by atoms with Crippen LogP contribution in [0, 0.1) is 0 Å². The first-order valence-electron chi connectivity index (χ1n) is 12.9. The van der Waals surface area contributed by atoms with Crippen LogP contribution in [0.15, 0.2) is 59.5 Å². The molecule has 210 valence electrons. The quantitative estimate of drug-likeness (QED) is 0.201. The Morgan fingerprint density at radius 1 is 1.02 bits per heavy atom. The van der Waals surface area contributed by atoms with E-state index in [1.54, 1.807) is 25.1 Å². The highest BCUT2D eigenvalue weighted by atomic mass is 32.2. The summed E-state index contributed by atoms with van der Waals surface area (Å²) in [6.07, 6.45) is 0.334. The minimum Gasteiger partial charge on any atom is -0.481 e. The van der Waals surface area contributed by atoms with Crippen LogP contribution in [0.1, 0.15) is 46.1 Å². The summed E-state index contributed by atoms with van der Waals surface area (Å²) in [6, 6.07) is 17.2. The predicted octanol–water partition coefficient (Wildman–Crippen LogP) is 5.02. The van der Waals surface area contributed by atoms with Gasteiger partial charge in [-0.2, -0.15) is 0 Å². The number of thiophene rings is 1. The van der Waals surface area contributed by atoms with Crippen LogP contribution < -0.4 is 10.6 Å². The number of rotatable bonds is 12. The van der Waals surface area contributed by atoms with Crippen LogP contribution in [-0.2, 0) is 38.6 Å². The highest BCUT2D eigenvalue weighted by molar-refractivity contribution is 8.00. The molecule has 1 aromatic heterocycles. The molecule has 0 unspecified atom stereocenters. The first-order valence-corrected chi connectivity index (χ1v) is 14.7. The number of carboxylic acids is 1. The number of amides is 2. The number of thioether (sulfide) groups is 1. The molecule has 2 amide bonds. The van der Waals surface area contributed by atoms with Gasteiger partial charge in [0.2, 0.25) is 11.8 Å². The van der Waals surface area contributed by atoms with Crippen molar-refractivity contribution < 1.29 is 29.0 Å². The molecular formula is C29H31N3O6S2. The van der Waals surface area contributed by atoms with Crippen molar-refractivity contribution in [3.05, 3.63) is 76.2 Å².